The van der Waals surface area contributed by atoms with Crippen LogP contribution in [0.25, 0.3) is 11.1 Å². The second kappa shape index (κ2) is 11.4. The van der Waals surface area contributed by atoms with Crippen LogP contribution in [0.2, 0.25) is 0 Å². The van der Waals surface area contributed by atoms with Gasteiger partial charge in [0.1, 0.15) is 0 Å². The summed E-state index contributed by atoms with van der Waals surface area (Å²) in [6.07, 6.45) is 2.32. The normalized spacial score (nSPS) is 17.6. The van der Waals surface area contributed by atoms with E-state index in [1.165, 1.54) is 24.3 Å². The highest BCUT2D eigenvalue weighted by molar-refractivity contribution is 5.66. The monoisotopic (exact) mass is 520 g/mol. The van der Waals surface area contributed by atoms with Gasteiger partial charge in [-0.1, -0.05) is 30.3 Å². The van der Waals surface area contributed by atoms with E-state index >= 15 is 4.39 Å². The Morgan fingerprint density at radius 1 is 0.811 bits per heavy atom. The van der Waals surface area contributed by atoms with Crippen LogP contribution in [0.5, 0.6) is 5.75 Å². The van der Waals surface area contributed by atoms with Crippen LogP contribution in [-0.4, -0.2) is 13.2 Å². The number of benzene rings is 3. The fraction of sp³-hybridized carbons (Fsp3) is 0.310. The first-order chi connectivity index (χ1) is 17.8. The zero-order valence-corrected chi connectivity index (χ0v) is 20.2. The van der Waals surface area contributed by atoms with Gasteiger partial charge in [-0.25, -0.2) is 22.0 Å². The van der Waals surface area contributed by atoms with E-state index in [1.54, 1.807) is 13.0 Å². The number of rotatable bonds is 8. The Morgan fingerprint density at radius 2 is 1.46 bits per heavy atom. The van der Waals surface area contributed by atoms with Crippen LogP contribution in [0, 0.1) is 34.9 Å². The lowest BCUT2D eigenvalue weighted by atomic mass is 9.87. The Labute approximate surface area is 211 Å². The Kier molecular flexibility index (Phi) is 8.27. The molecule has 2 nitrogen and oxygen atoms in total. The lowest BCUT2D eigenvalue weighted by Gasteiger charge is -2.30. The van der Waals surface area contributed by atoms with E-state index in [2.05, 4.69) is 6.58 Å². The van der Waals surface area contributed by atoms with Gasteiger partial charge in [0.2, 0.25) is 5.82 Å². The standard InChI is InChI=1S/C29H26F6O2/c1-3-5-6-16-7-9-21(28(34)24(16)30)22-13-8-17(15-37-22)18-10-11-19(26(32)25(18)31)20-12-14-23(36-4-2)29(35)27(20)33/h3,7,9-12,14,17,22H,1,4-6,8,13,15H2,2H3. The van der Waals surface area contributed by atoms with Crippen LogP contribution in [0.3, 0.4) is 0 Å². The molecule has 0 amide bonds. The maximum Gasteiger partial charge on any atom is 0.201 e. The molecular formula is C29H26F6O2. The first kappa shape index (κ1) is 26.8. The van der Waals surface area contributed by atoms with Crippen molar-refractivity contribution < 1.29 is 35.8 Å². The fourth-order valence-corrected chi connectivity index (χ4v) is 4.64. The predicted molar refractivity (Wildman–Crippen MR) is 128 cm³/mol. The maximum absolute atomic E-state index is 15.1. The molecule has 1 heterocycles. The highest BCUT2D eigenvalue weighted by atomic mass is 19.2. The van der Waals surface area contributed by atoms with Gasteiger partial charge in [0.05, 0.1) is 19.3 Å². The Balaban J connectivity index is 1.52. The predicted octanol–water partition coefficient (Wildman–Crippen LogP) is 8.34. The molecule has 0 saturated carbocycles. The lowest BCUT2D eigenvalue weighted by Crippen LogP contribution is -2.21. The molecule has 37 heavy (non-hydrogen) atoms. The zero-order valence-electron chi connectivity index (χ0n) is 20.2. The quantitative estimate of drug-likeness (QED) is 0.220. The Hall–Kier alpha value is -3.26. The number of ether oxygens (including phenoxy) is 2. The van der Waals surface area contributed by atoms with Gasteiger partial charge in [0, 0.05) is 22.6 Å². The number of hydrogen-bond acceptors (Lipinski definition) is 2. The van der Waals surface area contributed by atoms with E-state index in [4.69, 9.17) is 9.47 Å². The summed E-state index contributed by atoms with van der Waals surface area (Å²) in [6, 6.07) is 7.79. The summed E-state index contributed by atoms with van der Waals surface area (Å²) >= 11 is 0. The highest BCUT2D eigenvalue weighted by Crippen LogP contribution is 2.40. The van der Waals surface area contributed by atoms with Gasteiger partial charge in [-0.3, -0.25) is 0 Å². The first-order valence-electron chi connectivity index (χ1n) is 12.1. The van der Waals surface area contributed by atoms with Gasteiger partial charge in [0.15, 0.2) is 34.8 Å². The molecule has 1 fully saturated rings. The van der Waals surface area contributed by atoms with Crippen molar-refractivity contribution in [2.24, 2.45) is 0 Å². The smallest absolute Gasteiger partial charge is 0.201 e. The minimum absolute atomic E-state index is 0.0120. The molecule has 2 unspecified atom stereocenters. The molecule has 1 saturated heterocycles. The average Bonchev–Trinajstić information content (AvgIpc) is 2.90. The average molecular weight is 521 g/mol. The first-order valence-corrected chi connectivity index (χ1v) is 12.1. The molecule has 1 aliphatic heterocycles. The maximum atomic E-state index is 15.1. The van der Waals surface area contributed by atoms with Crippen molar-refractivity contribution in [3.8, 4) is 16.9 Å². The van der Waals surface area contributed by atoms with Crippen LogP contribution in [0.1, 0.15) is 54.9 Å². The molecule has 0 radical (unpaired) electrons. The fourth-order valence-electron chi connectivity index (χ4n) is 4.64. The van der Waals surface area contributed by atoms with Crippen molar-refractivity contribution in [1.29, 1.82) is 0 Å². The molecule has 3 aromatic carbocycles. The van der Waals surface area contributed by atoms with Crippen LogP contribution >= 0.6 is 0 Å². The number of halogens is 6. The van der Waals surface area contributed by atoms with Crippen LogP contribution < -0.4 is 4.74 Å². The van der Waals surface area contributed by atoms with Crippen molar-refractivity contribution >= 4 is 0 Å². The van der Waals surface area contributed by atoms with E-state index in [9.17, 15) is 22.0 Å². The molecule has 0 aliphatic carbocycles. The van der Waals surface area contributed by atoms with Gasteiger partial charge in [-0.2, -0.15) is 4.39 Å². The van der Waals surface area contributed by atoms with E-state index in [0.29, 0.717) is 19.3 Å². The van der Waals surface area contributed by atoms with Gasteiger partial charge in [-0.15, -0.1) is 6.58 Å². The molecule has 8 heteroatoms. The van der Waals surface area contributed by atoms with Crippen LogP contribution in [0.4, 0.5) is 26.3 Å². The number of hydrogen-bond donors (Lipinski definition) is 0. The zero-order chi connectivity index (χ0) is 26.7. The third-order valence-corrected chi connectivity index (χ3v) is 6.62. The summed E-state index contributed by atoms with van der Waals surface area (Å²) in [5, 5.41) is 0. The second-order valence-corrected chi connectivity index (χ2v) is 8.87. The molecule has 0 N–H and O–H groups in total. The van der Waals surface area contributed by atoms with Crippen molar-refractivity contribution in [2.45, 2.75) is 44.6 Å². The highest BCUT2D eigenvalue weighted by Gasteiger charge is 2.30. The summed E-state index contributed by atoms with van der Waals surface area (Å²) in [5.74, 6) is -7.91. The van der Waals surface area contributed by atoms with Crippen LogP contribution in [0.15, 0.2) is 49.1 Å². The Bertz CT molecular complexity index is 1300. The van der Waals surface area contributed by atoms with Gasteiger partial charge < -0.3 is 9.47 Å². The van der Waals surface area contributed by atoms with Crippen molar-refractivity contribution in [3.63, 3.8) is 0 Å². The molecule has 0 spiro atoms. The third kappa shape index (κ3) is 5.25. The third-order valence-electron chi connectivity index (χ3n) is 6.62. The SMILES string of the molecule is C=CCCc1ccc(C2CCC(c3ccc(-c4ccc(OCC)c(F)c4F)c(F)c3F)CO2)c(F)c1F. The molecule has 3 aromatic rings. The summed E-state index contributed by atoms with van der Waals surface area (Å²) in [4.78, 5) is 0. The molecule has 196 valence electrons. The van der Waals surface area contributed by atoms with Crippen molar-refractivity contribution in [2.75, 3.05) is 13.2 Å². The van der Waals surface area contributed by atoms with Crippen LogP contribution in [-0.2, 0) is 11.2 Å². The van der Waals surface area contributed by atoms with E-state index in [-0.39, 0.29) is 42.1 Å². The molecule has 0 bridgehead atoms. The summed E-state index contributed by atoms with van der Waals surface area (Å²) < 4.78 is 98.7. The van der Waals surface area contributed by atoms with Gasteiger partial charge >= 0.3 is 0 Å². The summed E-state index contributed by atoms with van der Waals surface area (Å²) in [6.45, 7) is 5.24. The minimum atomic E-state index is -1.34. The van der Waals surface area contributed by atoms with E-state index in [0.717, 1.165) is 12.1 Å². The largest absolute Gasteiger partial charge is 0.491 e. The number of allylic oxidation sites excluding steroid dienone is 1. The van der Waals surface area contributed by atoms with Crippen molar-refractivity contribution in [1.82, 2.24) is 0 Å². The second-order valence-electron chi connectivity index (χ2n) is 8.87. The van der Waals surface area contributed by atoms with Crippen molar-refractivity contribution in [3.05, 3.63) is 101 Å². The van der Waals surface area contributed by atoms with Gasteiger partial charge in [-0.05, 0) is 55.9 Å². The molecule has 1 aliphatic rings. The Morgan fingerprint density at radius 3 is 2.11 bits per heavy atom. The topological polar surface area (TPSA) is 18.5 Å². The number of aryl methyl sites for hydroxylation is 1. The molecular weight excluding hydrogens is 494 g/mol. The lowest BCUT2D eigenvalue weighted by molar-refractivity contribution is -0.000669. The summed E-state index contributed by atoms with van der Waals surface area (Å²) in [7, 11) is 0. The molecule has 2 atom stereocenters. The summed E-state index contributed by atoms with van der Waals surface area (Å²) in [5.41, 5.74) is -0.523. The molecule has 0 aromatic heterocycles. The van der Waals surface area contributed by atoms with Gasteiger partial charge in [0.25, 0.3) is 0 Å². The van der Waals surface area contributed by atoms with E-state index < -0.39 is 58.1 Å². The molecule has 4 rings (SSSR count). The van der Waals surface area contributed by atoms with E-state index in [1.807, 2.05) is 0 Å². The minimum Gasteiger partial charge on any atom is -0.491 e.